The summed E-state index contributed by atoms with van der Waals surface area (Å²) in [5.41, 5.74) is 2.04. The number of aromatic hydroxyl groups is 1. The van der Waals surface area contributed by atoms with Gasteiger partial charge in [0, 0.05) is 17.5 Å². The van der Waals surface area contributed by atoms with Gasteiger partial charge in [-0.05, 0) is 44.2 Å². The van der Waals surface area contributed by atoms with Crippen molar-refractivity contribution in [2.75, 3.05) is 7.11 Å². The largest absolute Gasteiger partial charge is 0.507 e. The van der Waals surface area contributed by atoms with E-state index in [0.717, 1.165) is 28.1 Å². The van der Waals surface area contributed by atoms with Crippen LogP contribution in [0.15, 0.2) is 48.5 Å². The number of nitrogens with zero attached hydrogens (tertiary/aromatic N) is 1. The molecule has 3 rings (SSSR count). The number of rotatable bonds is 5. The highest BCUT2D eigenvalue weighted by Crippen LogP contribution is 2.31. The highest BCUT2D eigenvalue weighted by Gasteiger charge is 2.14. The molecule has 1 N–H and O–H groups in total. The van der Waals surface area contributed by atoms with E-state index in [9.17, 15) is 5.11 Å². The standard InChI is InChI=1S/C19H21NO3/c1-13(2)20-14(10-17-18(20)8-5-9-19(17)21)12-23-16-7-4-6-15(11-16)22-3/h4-11,13,21H,12H2,1-3H3. The van der Waals surface area contributed by atoms with Crippen LogP contribution in [-0.4, -0.2) is 16.8 Å². The first-order valence-corrected chi connectivity index (χ1v) is 7.69. The molecule has 0 radical (unpaired) electrons. The van der Waals surface area contributed by atoms with Crippen LogP contribution < -0.4 is 9.47 Å². The second-order valence-electron chi connectivity index (χ2n) is 5.78. The van der Waals surface area contributed by atoms with Gasteiger partial charge >= 0.3 is 0 Å². The predicted molar refractivity (Wildman–Crippen MR) is 91.3 cm³/mol. The van der Waals surface area contributed by atoms with Crippen LogP contribution in [0.1, 0.15) is 25.6 Å². The lowest BCUT2D eigenvalue weighted by atomic mass is 10.2. The molecule has 23 heavy (non-hydrogen) atoms. The van der Waals surface area contributed by atoms with Crippen molar-refractivity contribution in [3.8, 4) is 17.2 Å². The molecule has 0 aliphatic carbocycles. The number of benzene rings is 2. The molecule has 0 unspecified atom stereocenters. The average molecular weight is 311 g/mol. The number of aromatic nitrogens is 1. The number of fused-ring (bicyclic) bond motifs is 1. The van der Waals surface area contributed by atoms with Gasteiger partial charge < -0.3 is 19.1 Å². The molecule has 1 aromatic heterocycles. The molecule has 0 atom stereocenters. The maximum atomic E-state index is 10.1. The van der Waals surface area contributed by atoms with Crippen molar-refractivity contribution in [1.29, 1.82) is 0 Å². The van der Waals surface area contributed by atoms with Gasteiger partial charge in [-0.25, -0.2) is 0 Å². The molecule has 0 spiro atoms. The van der Waals surface area contributed by atoms with E-state index < -0.39 is 0 Å². The Morgan fingerprint density at radius 1 is 1.04 bits per heavy atom. The summed E-state index contributed by atoms with van der Waals surface area (Å²) in [6.07, 6.45) is 0. The SMILES string of the molecule is COc1cccc(OCc2cc3c(O)cccc3n2C(C)C)c1. The summed E-state index contributed by atoms with van der Waals surface area (Å²) in [4.78, 5) is 0. The summed E-state index contributed by atoms with van der Waals surface area (Å²) in [6.45, 7) is 4.68. The topological polar surface area (TPSA) is 43.6 Å². The van der Waals surface area contributed by atoms with Crippen LogP contribution in [0.4, 0.5) is 0 Å². The van der Waals surface area contributed by atoms with Gasteiger partial charge in [-0.1, -0.05) is 12.1 Å². The number of phenolic OH excluding ortho intramolecular Hbond substituents is 1. The summed E-state index contributed by atoms with van der Waals surface area (Å²) in [6, 6.07) is 15.4. The Morgan fingerprint density at radius 3 is 2.52 bits per heavy atom. The van der Waals surface area contributed by atoms with E-state index in [-0.39, 0.29) is 6.04 Å². The maximum absolute atomic E-state index is 10.1. The second kappa shape index (κ2) is 6.24. The molecular formula is C19H21NO3. The first kappa shape index (κ1) is 15.3. The lowest BCUT2D eigenvalue weighted by Gasteiger charge is -2.15. The molecule has 0 aliphatic rings. The van der Waals surface area contributed by atoms with E-state index in [1.54, 1.807) is 13.2 Å². The van der Waals surface area contributed by atoms with Gasteiger partial charge in [0.1, 0.15) is 23.9 Å². The van der Waals surface area contributed by atoms with Gasteiger partial charge in [-0.15, -0.1) is 0 Å². The average Bonchev–Trinajstić information content (AvgIpc) is 2.93. The van der Waals surface area contributed by atoms with Crippen molar-refractivity contribution in [2.45, 2.75) is 26.5 Å². The first-order valence-electron chi connectivity index (χ1n) is 7.69. The molecule has 0 bridgehead atoms. The highest BCUT2D eigenvalue weighted by atomic mass is 16.5. The fraction of sp³-hybridized carbons (Fsp3) is 0.263. The minimum Gasteiger partial charge on any atom is -0.507 e. The Labute approximate surface area is 135 Å². The fourth-order valence-corrected chi connectivity index (χ4v) is 2.86. The van der Waals surface area contributed by atoms with Crippen LogP contribution in [0.3, 0.4) is 0 Å². The summed E-state index contributed by atoms with van der Waals surface area (Å²) < 4.78 is 13.3. The minimum atomic E-state index is 0.276. The first-order chi connectivity index (χ1) is 11.1. The molecule has 0 saturated heterocycles. The molecule has 4 heteroatoms. The Kier molecular flexibility index (Phi) is 4.15. The van der Waals surface area contributed by atoms with Crippen molar-refractivity contribution < 1.29 is 14.6 Å². The van der Waals surface area contributed by atoms with Crippen molar-refractivity contribution in [1.82, 2.24) is 4.57 Å². The zero-order chi connectivity index (χ0) is 16.4. The smallest absolute Gasteiger partial charge is 0.128 e. The van der Waals surface area contributed by atoms with Gasteiger partial charge in [0.25, 0.3) is 0 Å². The van der Waals surface area contributed by atoms with E-state index in [2.05, 4.69) is 18.4 Å². The number of methoxy groups -OCH3 is 1. The summed E-state index contributed by atoms with van der Waals surface area (Å²) in [5.74, 6) is 1.82. The normalized spacial score (nSPS) is 11.1. The van der Waals surface area contributed by atoms with Gasteiger partial charge in [-0.2, -0.15) is 0 Å². The van der Waals surface area contributed by atoms with Crippen LogP contribution in [0.5, 0.6) is 17.2 Å². The van der Waals surface area contributed by atoms with E-state index in [1.165, 1.54) is 0 Å². The third-order valence-electron chi connectivity index (χ3n) is 3.88. The molecule has 0 saturated carbocycles. The molecule has 0 amide bonds. The van der Waals surface area contributed by atoms with Crippen LogP contribution in [0.25, 0.3) is 10.9 Å². The Morgan fingerprint density at radius 2 is 1.78 bits per heavy atom. The highest BCUT2D eigenvalue weighted by molar-refractivity contribution is 5.87. The monoisotopic (exact) mass is 311 g/mol. The summed E-state index contributed by atoms with van der Waals surface area (Å²) >= 11 is 0. The van der Waals surface area contributed by atoms with Gasteiger partial charge in [0.2, 0.25) is 0 Å². The van der Waals surface area contributed by atoms with E-state index in [1.807, 2.05) is 42.5 Å². The number of hydrogen-bond acceptors (Lipinski definition) is 3. The lowest BCUT2D eigenvalue weighted by Crippen LogP contribution is -2.08. The summed E-state index contributed by atoms with van der Waals surface area (Å²) in [7, 11) is 1.64. The molecule has 2 aromatic carbocycles. The predicted octanol–water partition coefficient (Wildman–Crippen LogP) is 4.52. The molecule has 3 aromatic rings. The number of ether oxygens (including phenoxy) is 2. The Bertz CT molecular complexity index is 821. The fourth-order valence-electron chi connectivity index (χ4n) is 2.86. The van der Waals surface area contributed by atoms with Crippen molar-refractivity contribution in [3.05, 3.63) is 54.2 Å². The Balaban J connectivity index is 1.93. The molecular weight excluding hydrogens is 290 g/mol. The molecule has 1 heterocycles. The van der Waals surface area contributed by atoms with Gasteiger partial charge in [-0.3, -0.25) is 0 Å². The second-order valence-corrected chi connectivity index (χ2v) is 5.78. The zero-order valence-electron chi connectivity index (χ0n) is 13.6. The minimum absolute atomic E-state index is 0.276. The third kappa shape index (κ3) is 2.97. The molecule has 120 valence electrons. The van der Waals surface area contributed by atoms with Gasteiger partial charge in [0.15, 0.2) is 0 Å². The van der Waals surface area contributed by atoms with Crippen LogP contribution in [0, 0.1) is 0 Å². The van der Waals surface area contributed by atoms with E-state index in [0.29, 0.717) is 12.4 Å². The molecule has 0 aliphatic heterocycles. The van der Waals surface area contributed by atoms with E-state index >= 15 is 0 Å². The zero-order valence-corrected chi connectivity index (χ0v) is 13.6. The van der Waals surface area contributed by atoms with Crippen LogP contribution in [-0.2, 0) is 6.61 Å². The van der Waals surface area contributed by atoms with Crippen molar-refractivity contribution in [3.63, 3.8) is 0 Å². The number of phenols is 1. The quantitative estimate of drug-likeness (QED) is 0.753. The molecule has 4 nitrogen and oxygen atoms in total. The third-order valence-corrected chi connectivity index (χ3v) is 3.88. The van der Waals surface area contributed by atoms with Crippen LogP contribution in [0.2, 0.25) is 0 Å². The molecule has 0 fully saturated rings. The Hall–Kier alpha value is -2.62. The van der Waals surface area contributed by atoms with Crippen molar-refractivity contribution >= 4 is 10.9 Å². The number of hydrogen-bond donors (Lipinski definition) is 1. The van der Waals surface area contributed by atoms with Gasteiger partial charge in [0.05, 0.1) is 18.3 Å². The summed E-state index contributed by atoms with van der Waals surface area (Å²) in [5, 5.41) is 10.9. The van der Waals surface area contributed by atoms with Crippen LogP contribution >= 0.6 is 0 Å². The maximum Gasteiger partial charge on any atom is 0.128 e. The lowest BCUT2D eigenvalue weighted by molar-refractivity contribution is 0.291. The van der Waals surface area contributed by atoms with E-state index in [4.69, 9.17) is 9.47 Å². The van der Waals surface area contributed by atoms with Crippen molar-refractivity contribution in [2.24, 2.45) is 0 Å².